The molecule has 0 aromatic heterocycles. The van der Waals surface area contributed by atoms with Crippen molar-refractivity contribution in [1.29, 1.82) is 0 Å². The molecule has 0 fully saturated rings. The molecule has 96 valence electrons. The van der Waals surface area contributed by atoms with Gasteiger partial charge in [0.05, 0.1) is 18.2 Å². The Morgan fingerprint density at radius 2 is 1.69 bits per heavy atom. The van der Waals surface area contributed by atoms with Gasteiger partial charge in [-0.15, -0.1) is 0 Å². The van der Waals surface area contributed by atoms with Crippen LogP contribution in [0, 0.1) is 0 Å². The van der Waals surface area contributed by atoms with Gasteiger partial charge < -0.3 is 9.47 Å². The zero-order valence-corrected chi connectivity index (χ0v) is 11.8. The number of nitrogens with zero attached hydrogens (tertiary/aromatic N) is 1. The predicted octanol–water partition coefficient (Wildman–Crippen LogP) is 3.42. The summed E-state index contributed by atoms with van der Waals surface area (Å²) in [5, 5.41) is 0. The van der Waals surface area contributed by atoms with E-state index in [9.17, 15) is 0 Å². The standard InChI is InChI=1S/C13H27NO2/c1-11(2)16-13(6,7)15-10-8-9-14-12(3,4)5/h9,11H,8,10H2,1-7H3. The van der Waals surface area contributed by atoms with Crippen molar-refractivity contribution >= 4 is 6.21 Å². The van der Waals surface area contributed by atoms with Crippen LogP contribution in [0.2, 0.25) is 0 Å². The molecule has 0 aliphatic rings. The second-order valence-electron chi connectivity index (χ2n) is 5.69. The second-order valence-corrected chi connectivity index (χ2v) is 5.69. The molecule has 0 radical (unpaired) electrons. The Labute approximate surface area is 100 Å². The van der Waals surface area contributed by atoms with E-state index in [4.69, 9.17) is 9.47 Å². The lowest BCUT2D eigenvalue weighted by atomic mass is 10.1. The minimum absolute atomic E-state index is 0.00392. The minimum atomic E-state index is -0.510. The topological polar surface area (TPSA) is 30.8 Å². The monoisotopic (exact) mass is 229 g/mol. The van der Waals surface area contributed by atoms with Gasteiger partial charge in [0.25, 0.3) is 0 Å². The molecule has 0 aliphatic carbocycles. The van der Waals surface area contributed by atoms with Crippen LogP contribution in [-0.2, 0) is 9.47 Å². The fourth-order valence-electron chi connectivity index (χ4n) is 1.30. The van der Waals surface area contributed by atoms with Gasteiger partial charge in [0.1, 0.15) is 0 Å². The Morgan fingerprint density at radius 1 is 1.12 bits per heavy atom. The van der Waals surface area contributed by atoms with E-state index in [0.717, 1.165) is 6.42 Å². The smallest absolute Gasteiger partial charge is 0.163 e. The van der Waals surface area contributed by atoms with Gasteiger partial charge in [0, 0.05) is 12.6 Å². The minimum Gasteiger partial charge on any atom is -0.350 e. The molecule has 0 spiro atoms. The SMILES string of the molecule is CC(C)OC(C)(C)OCCC=NC(C)(C)C. The van der Waals surface area contributed by atoms with Gasteiger partial charge >= 0.3 is 0 Å². The number of ether oxygens (including phenoxy) is 2. The van der Waals surface area contributed by atoms with E-state index in [0.29, 0.717) is 6.61 Å². The van der Waals surface area contributed by atoms with E-state index in [2.05, 4.69) is 25.8 Å². The Hall–Kier alpha value is -0.410. The summed E-state index contributed by atoms with van der Waals surface area (Å²) in [4.78, 5) is 4.39. The molecule has 0 saturated heterocycles. The first-order valence-corrected chi connectivity index (χ1v) is 5.98. The van der Waals surface area contributed by atoms with Crippen LogP contribution in [0.15, 0.2) is 4.99 Å². The van der Waals surface area contributed by atoms with E-state index in [1.807, 2.05) is 33.9 Å². The summed E-state index contributed by atoms with van der Waals surface area (Å²) in [6.07, 6.45) is 2.92. The summed E-state index contributed by atoms with van der Waals surface area (Å²) in [5.41, 5.74) is 0.00392. The Morgan fingerprint density at radius 3 is 2.12 bits per heavy atom. The van der Waals surface area contributed by atoms with Crippen molar-refractivity contribution in [3.05, 3.63) is 0 Å². The number of rotatable bonds is 6. The normalized spacial score (nSPS) is 14.0. The zero-order chi connectivity index (χ0) is 12.8. The third-order valence-corrected chi connectivity index (χ3v) is 1.69. The van der Waals surface area contributed by atoms with E-state index in [1.165, 1.54) is 0 Å². The molecule has 0 aromatic carbocycles. The van der Waals surface area contributed by atoms with Gasteiger partial charge in [-0.2, -0.15) is 0 Å². The maximum Gasteiger partial charge on any atom is 0.163 e. The lowest BCUT2D eigenvalue weighted by molar-refractivity contribution is -0.229. The van der Waals surface area contributed by atoms with Crippen LogP contribution in [-0.4, -0.2) is 30.3 Å². The van der Waals surface area contributed by atoms with Gasteiger partial charge in [-0.25, -0.2) is 0 Å². The predicted molar refractivity (Wildman–Crippen MR) is 69.1 cm³/mol. The molecule has 0 N–H and O–H groups in total. The van der Waals surface area contributed by atoms with Crippen LogP contribution in [0.5, 0.6) is 0 Å². The molecule has 0 aromatic rings. The summed E-state index contributed by atoms with van der Waals surface area (Å²) in [7, 11) is 0. The molecule has 16 heavy (non-hydrogen) atoms. The number of hydrogen-bond acceptors (Lipinski definition) is 3. The highest BCUT2D eigenvalue weighted by Crippen LogP contribution is 2.14. The Balaban J connectivity index is 3.78. The second kappa shape index (κ2) is 6.36. The molecular formula is C13H27NO2. The summed E-state index contributed by atoms with van der Waals surface area (Å²) in [6, 6.07) is 0. The molecule has 0 amide bonds. The van der Waals surface area contributed by atoms with E-state index < -0.39 is 5.79 Å². The summed E-state index contributed by atoms with van der Waals surface area (Å²) < 4.78 is 11.3. The first-order valence-electron chi connectivity index (χ1n) is 5.98. The average molecular weight is 229 g/mol. The summed E-state index contributed by atoms with van der Waals surface area (Å²) in [5.74, 6) is -0.510. The molecule has 3 heteroatoms. The van der Waals surface area contributed by atoms with Crippen LogP contribution in [0.3, 0.4) is 0 Å². The van der Waals surface area contributed by atoms with Crippen LogP contribution in [0.25, 0.3) is 0 Å². The first kappa shape index (κ1) is 15.6. The maximum absolute atomic E-state index is 5.64. The van der Waals surface area contributed by atoms with Gasteiger partial charge in [0.2, 0.25) is 0 Å². The molecule has 0 aliphatic heterocycles. The fourth-order valence-corrected chi connectivity index (χ4v) is 1.30. The molecular weight excluding hydrogens is 202 g/mol. The lowest BCUT2D eigenvalue weighted by Crippen LogP contribution is -2.31. The molecule has 0 saturated carbocycles. The largest absolute Gasteiger partial charge is 0.350 e. The molecule has 0 atom stereocenters. The van der Waals surface area contributed by atoms with Crippen molar-refractivity contribution in [1.82, 2.24) is 0 Å². The Bertz CT molecular complexity index is 214. The van der Waals surface area contributed by atoms with Gasteiger partial charge in [0.15, 0.2) is 5.79 Å². The fraction of sp³-hybridized carbons (Fsp3) is 0.923. The highest BCUT2D eigenvalue weighted by Gasteiger charge is 2.19. The molecule has 0 heterocycles. The van der Waals surface area contributed by atoms with Crippen LogP contribution in [0.4, 0.5) is 0 Å². The third kappa shape index (κ3) is 10.1. The van der Waals surface area contributed by atoms with E-state index in [1.54, 1.807) is 0 Å². The van der Waals surface area contributed by atoms with Crippen molar-refractivity contribution in [2.24, 2.45) is 4.99 Å². The van der Waals surface area contributed by atoms with Crippen molar-refractivity contribution in [2.45, 2.75) is 72.3 Å². The molecule has 0 rings (SSSR count). The maximum atomic E-state index is 5.64. The quantitative estimate of drug-likeness (QED) is 0.397. The molecule has 0 unspecified atom stereocenters. The van der Waals surface area contributed by atoms with Crippen LogP contribution >= 0.6 is 0 Å². The summed E-state index contributed by atoms with van der Waals surface area (Å²) in [6.45, 7) is 14.8. The molecule has 3 nitrogen and oxygen atoms in total. The highest BCUT2D eigenvalue weighted by atomic mass is 16.7. The zero-order valence-electron chi connectivity index (χ0n) is 11.8. The average Bonchev–Trinajstić information content (AvgIpc) is 1.98. The van der Waals surface area contributed by atoms with E-state index in [-0.39, 0.29) is 11.6 Å². The lowest BCUT2D eigenvalue weighted by Gasteiger charge is -2.27. The van der Waals surface area contributed by atoms with Gasteiger partial charge in [-0.05, 0) is 48.5 Å². The summed E-state index contributed by atoms with van der Waals surface area (Å²) >= 11 is 0. The third-order valence-electron chi connectivity index (χ3n) is 1.69. The Kier molecular flexibility index (Phi) is 6.19. The van der Waals surface area contributed by atoms with Crippen molar-refractivity contribution in [2.75, 3.05) is 6.61 Å². The van der Waals surface area contributed by atoms with Gasteiger partial charge in [-0.3, -0.25) is 4.99 Å². The number of aliphatic imine (C=N–C) groups is 1. The number of hydrogen-bond donors (Lipinski definition) is 0. The molecule has 0 bridgehead atoms. The van der Waals surface area contributed by atoms with E-state index >= 15 is 0 Å². The van der Waals surface area contributed by atoms with Gasteiger partial charge in [-0.1, -0.05) is 0 Å². The van der Waals surface area contributed by atoms with Crippen molar-refractivity contribution in [3.63, 3.8) is 0 Å². The van der Waals surface area contributed by atoms with Crippen molar-refractivity contribution < 1.29 is 9.47 Å². The van der Waals surface area contributed by atoms with Crippen molar-refractivity contribution in [3.8, 4) is 0 Å². The van der Waals surface area contributed by atoms with Crippen LogP contribution in [0.1, 0.15) is 54.9 Å². The van der Waals surface area contributed by atoms with Crippen LogP contribution < -0.4 is 0 Å². The highest BCUT2D eigenvalue weighted by molar-refractivity contribution is 5.57. The first-order chi connectivity index (χ1) is 7.12.